The predicted molar refractivity (Wildman–Crippen MR) is 183 cm³/mol. The van der Waals surface area contributed by atoms with E-state index in [0.29, 0.717) is 18.9 Å². The summed E-state index contributed by atoms with van der Waals surface area (Å²) in [5, 5.41) is 17.1. The van der Waals surface area contributed by atoms with E-state index in [2.05, 4.69) is 50.2 Å². The van der Waals surface area contributed by atoms with Crippen molar-refractivity contribution in [2.24, 2.45) is 11.8 Å². The van der Waals surface area contributed by atoms with Crippen molar-refractivity contribution in [3.05, 3.63) is 57.1 Å². The number of amides is 4. The summed E-state index contributed by atoms with van der Waals surface area (Å²) < 4.78 is 110. The third kappa shape index (κ3) is 9.41. The summed E-state index contributed by atoms with van der Waals surface area (Å²) in [5.74, 6) is 7.18. The summed E-state index contributed by atoms with van der Waals surface area (Å²) in [4.78, 5) is 23.3. The number of carbonyl (C=O) groups excluding carboxylic acids is 2. The van der Waals surface area contributed by atoms with Crippen LogP contribution in [0.5, 0.6) is 0 Å². The Balaban J connectivity index is 0.000000239. The summed E-state index contributed by atoms with van der Waals surface area (Å²) in [6.45, 7) is -0.699. The monoisotopic (exact) mass is 775 g/mol. The molecule has 2 aromatic rings. The Bertz CT molecular complexity index is 1790. The molecular weight excluding hydrogens is 750 g/mol. The van der Waals surface area contributed by atoms with Crippen LogP contribution in [-0.4, -0.2) is 66.2 Å². The Morgan fingerprint density at radius 3 is 1.57 bits per heavy atom. The van der Waals surface area contributed by atoms with E-state index < -0.39 is 71.2 Å². The predicted octanol–water partition coefficient (Wildman–Crippen LogP) is 5.25. The van der Waals surface area contributed by atoms with Crippen LogP contribution in [-0.2, 0) is 17.7 Å². The molecule has 0 spiro atoms. The third-order valence-electron chi connectivity index (χ3n) is 7.48. The molecule has 0 saturated heterocycles. The van der Waals surface area contributed by atoms with Gasteiger partial charge in [-0.2, -0.15) is 26.3 Å². The largest absolute Gasteiger partial charge is 0.427 e. The standard InChI is InChI=1S/C15H12F4N2O2.C14H9BrF4N2O.CH4.B5/c16-11-6-10-12(5-9(11)7-22)20-13(23)21-14(10,15(17,18)19)4-3-8-1-2-8;15-9-6-11-8(5-10(9)16)13(14(17,18)19,21-12(22)20-11)4-3-7-1-2-7;;1-4-5(2)3/h5-6,8,22H,1-2,7H2,(H2,20,21,23);5-7H,1-2H2,(H2,20,21,22);1H4;. The number of aliphatic hydroxyl groups is 1. The fraction of sp³-hybridized carbons (Fsp3) is 0.400. The van der Waals surface area contributed by atoms with Crippen molar-refractivity contribution in [2.45, 2.75) is 63.1 Å². The minimum absolute atomic E-state index is 0. The molecule has 2 saturated carbocycles. The number of hydrogen-bond acceptors (Lipinski definition) is 3. The third-order valence-corrected chi connectivity index (χ3v) is 8.09. The Hall–Kier alpha value is -3.70. The number of alkyl halides is 6. The van der Waals surface area contributed by atoms with Gasteiger partial charge in [-0.25, -0.2) is 18.4 Å². The second-order valence-corrected chi connectivity index (χ2v) is 12.3. The lowest BCUT2D eigenvalue weighted by Crippen LogP contribution is -2.59. The number of halogens is 9. The van der Waals surface area contributed by atoms with E-state index in [1.165, 1.54) is 7.06 Å². The van der Waals surface area contributed by atoms with E-state index >= 15 is 0 Å². The number of hydrogen-bond donors (Lipinski definition) is 5. The van der Waals surface area contributed by atoms with Gasteiger partial charge in [-0.15, -0.1) is 0 Å². The number of benzene rings is 2. The van der Waals surface area contributed by atoms with Crippen LogP contribution >= 0.6 is 15.9 Å². The van der Waals surface area contributed by atoms with Gasteiger partial charge in [0.1, 0.15) is 11.6 Å². The van der Waals surface area contributed by atoms with Gasteiger partial charge in [0.2, 0.25) is 11.1 Å². The van der Waals surface area contributed by atoms with Crippen LogP contribution in [0, 0.1) is 47.2 Å². The maximum Gasteiger partial charge on any atom is 0.427 e. The Kier molecular flexibility index (Phi) is 13.0. The molecule has 0 aromatic heterocycles. The topological polar surface area (TPSA) is 102 Å². The second-order valence-electron chi connectivity index (χ2n) is 11.5. The first-order valence-corrected chi connectivity index (χ1v) is 15.4. The number of aliphatic hydroxyl groups excluding tert-OH is 1. The van der Waals surface area contributed by atoms with Gasteiger partial charge in [0.15, 0.2) is 0 Å². The highest BCUT2D eigenvalue weighted by molar-refractivity contribution is 9.10. The quantitative estimate of drug-likeness (QED) is 0.164. The number of fused-ring (bicyclic) bond motifs is 2. The molecule has 6 rings (SSSR count). The van der Waals surface area contributed by atoms with Gasteiger partial charge in [-0.1, -0.05) is 31.1 Å². The smallest absolute Gasteiger partial charge is 0.392 e. The molecule has 2 aliphatic heterocycles. The summed E-state index contributed by atoms with van der Waals surface area (Å²) in [7, 11) is 15.8. The first-order chi connectivity index (χ1) is 23.3. The molecule has 2 unspecified atom stereocenters. The van der Waals surface area contributed by atoms with E-state index in [9.17, 15) is 44.7 Å². The number of carbonyl (C=O) groups is 2. The average molecular weight is 776 g/mol. The van der Waals surface area contributed by atoms with Crippen molar-refractivity contribution in [1.29, 1.82) is 0 Å². The number of urea groups is 2. The summed E-state index contributed by atoms with van der Waals surface area (Å²) in [6, 6.07) is 1.36. The fourth-order valence-corrected chi connectivity index (χ4v) is 4.90. The summed E-state index contributed by atoms with van der Waals surface area (Å²) >= 11 is 2.89. The van der Waals surface area contributed by atoms with Crippen LogP contribution in [0.4, 0.5) is 56.1 Å². The number of rotatable bonds is 2. The lowest BCUT2D eigenvalue weighted by Gasteiger charge is -2.37. The van der Waals surface area contributed by atoms with Crippen molar-refractivity contribution in [3.8, 4) is 23.7 Å². The molecule has 0 bridgehead atoms. The molecule has 51 heavy (non-hydrogen) atoms. The molecule has 4 aliphatic rings. The molecule has 261 valence electrons. The van der Waals surface area contributed by atoms with Crippen LogP contribution in [0.3, 0.4) is 0 Å². The molecule has 2 atom stereocenters. The Labute approximate surface area is 302 Å². The zero-order chi connectivity index (χ0) is 37.2. The molecule has 2 fully saturated rings. The molecule has 2 heterocycles. The van der Waals surface area contributed by atoms with Gasteiger partial charge in [-0.3, -0.25) is 0 Å². The van der Waals surface area contributed by atoms with Gasteiger partial charge in [0.05, 0.1) is 16.8 Å². The first-order valence-electron chi connectivity index (χ1n) is 14.6. The second kappa shape index (κ2) is 15.9. The fourth-order valence-electron chi connectivity index (χ4n) is 4.56. The van der Waals surface area contributed by atoms with Gasteiger partial charge in [0, 0.05) is 70.9 Å². The number of anilines is 2. The molecular formula is C30H25B5BrF8N4O3. The summed E-state index contributed by atoms with van der Waals surface area (Å²) in [6.07, 6.45) is -7.41. The van der Waals surface area contributed by atoms with E-state index in [4.69, 9.17) is 28.3 Å². The highest BCUT2D eigenvalue weighted by Crippen LogP contribution is 2.47. The molecule has 2 aromatic carbocycles. The molecule has 2 aliphatic carbocycles. The highest BCUT2D eigenvalue weighted by atomic mass is 79.9. The maximum atomic E-state index is 13.9. The van der Waals surface area contributed by atoms with Gasteiger partial charge in [0.25, 0.3) is 0 Å². The van der Waals surface area contributed by atoms with E-state index in [-0.39, 0.29) is 40.7 Å². The van der Waals surface area contributed by atoms with Crippen molar-refractivity contribution < 1.29 is 49.8 Å². The van der Waals surface area contributed by atoms with Gasteiger partial charge < -0.3 is 26.4 Å². The Morgan fingerprint density at radius 1 is 0.824 bits per heavy atom. The highest BCUT2D eigenvalue weighted by Gasteiger charge is 2.60. The zero-order valence-corrected chi connectivity index (χ0v) is 27.1. The van der Waals surface area contributed by atoms with Crippen molar-refractivity contribution in [3.63, 3.8) is 0 Å². The average Bonchev–Trinajstić information content (AvgIpc) is 3.95. The van der Waals surface area contributed by atoms with Crippen LogP contribution in [0.1, 0.15) is 49.8 Å². The Morgan fingerprint density at radius 2 is 1.22 bits per heavy atom. The molecule has 7 radical (unpaired) electrons. The van der Waals surface area contributed by atoms with Gasteiger partial charge in [-0.05, 0) is 65.9 Å². The normalized spacial score (nSPS) is 21.4. The minimum Gasteiger partial charge on any atom is -0.392 e. The molecule has 4 amide bonds. The maximum absolute atomic E-state index is 13.9. The van der Waals surface area contributed by atoms with Crippen molar-refractivity contribution in [2.75, 3.05) is 10.6 Å². The molecule has 5 N–H and O–H groups in total. The van der Waals surface area contributed by atoms with Crippen LogP contribution < -0.4 is 21.3 Å². The number of nitrogens with one attached hydrogen (secondary N) is 4. The first kappa shape index (κ1) is 41.7. The van der Waals surface area contributed by atoms with E-state index in [1.54, 1.807) is 5.32 Å². The SMILES string of the molecule is C.O=C1Nc2cc(Br)c(F)cc2C(C#CC2CC2)(C(F)(F)F)N1.O=C1Nc2cc(CO)c(F)cc2C(C#CC2CC2)(C(F)(F)F)N1.[B][B]B([B])[B]. The van der Waals surface area contributed by atoms with Crippen LogP contribution in [0.15, 0.2) is 28.7 Å². The van der Waals surface area contributed by atoms with Crippen LogP contribution in [0.2, 0.25) is 0 Å². The van der Waals surface area contributed by atoms with Crippen molar-refractivity contribution in [1.82, 2.24) is 10.6 Å². The lowest BCUT2D eigenvalue weighted by atomic mass is 8.97. The summed E-state index contributed by atoms with van der Waals surface area (Å²) in [5.41, 5.74) is -7.41. The van der Waals surface area contributed by atoms with E-state index in [0.717, 1.165) is 31.0 Å². The zero-order valence-electron chi connectivity index (χ0n) is 25.6. The minimum atomic E-state index is -4.94. The van der Waals surface area contributed by atoms with Gasteiger partial charge >= 0.3 is 24.4 Å². The van der Waals surface area contributed by atoms with E-state index in [1.807, 2.05) is 5.32 Å². The van der Waals surface area contributed by atoms with Crippen molar-refractivity contribution >= 4 is 76.0 Å². The van der Waals surface area contributed by atoms with Crippen LogP contribution in [0.25, 0.3) is 0 Å². The molecule has 21 heteroatoms. The lowest BCUT2D eigenvalue weighted by molar-refractivity contribution is -0.179. The molecule has 7 nitrogen and oxygen atoms in total.